The molecule has 0 saturated carbocycles. The third kappa shape index (κ3) is 4.53. The second-order valence-corrected chi connectivity index (χ2v) is 4.53. The first-order valence-corrected chi connectivity index (χ1v) is 5.98. The van der Waals surface area contributed by atoms with Gasteiger partial charge in [0, 0.05) is 18.3 Å². The van der Waals surface area contributed by atoms with Crippen LogP contribution in [-0.4, -0.2) is 23.0 Å². The van der Waals surface area contributed by atoms with Crippen LogP contribution in [0.1, 0.15) is 39.4 Å². The number of carbonyl (C=O) groups is 1. The summed E-state index contributed by atoms with van der Waals surface area (Å²) in [6.07, 6.45) is 1.76. The maximum absolute atomic E-state index is 11.7. The first-order valence-electron chi connectivity index (χ1n) is 5.98. The van der Waals surface area contributed by atoms with Crippen molar-refractivity contribution in [1.29, 1.82) is 0 Å². The molecule has 4 heteroatoms. The Bertz CT molecular complexity index is 351. The zero-order valence-electron chi connectivity index (χ0n) is 10.9. The Morgan fingerprint density at radius 1 is 1.24 bits per heavy atom. The summed E-state index contributed by atoms with van der Waals surface area (Å²) in [5.74, 6) is 0.0165. The zero-order chi connectivity index (χ0) is 12.8. The van der Waals surface area contributed by atoms with Gasteiger partial charge in [0.1, 0.15) is 0 Å². The lowest BCUT2D eigenvalue weighted by molar-refractivity contribution is -0.123. The van der Waals surface area contributed by atoms with Crippen molar-refractivity contribution < 1.29 is 4.79 Å². The highest BCUT2D eigenvalue weighted by Crippen LogP contribution is 2.08. The van der Waals surface area contributed by atoms with Gasteiger partial charge in [0.2, 0.25) is 5.91 Å². The number of hydrogen-bond donors (Lipinski definition) is 2. The highest BCUT2D eigenvalue weighted by molar-refractivity contribution is 5.81. The minimum Gasteiger partial charge on any atom is -0.353 e. The Morgan fingerprint density at radius 2 is 1.94 bits per heavy atom. The summed E-state index contributed by atoms with van der Waals surface area (Å²) >= 11 is 0. The number of rotatable bonds is 5. The quantitative estimate of drug-likeness (QED) is 0.816. The van der Waals surface area contributed by atoms with E-state index < -0.39 is 0 Å². The molecule has 0 aliphatic rings. The Morgan fingerprint density at radius 3 is 2.47 bits per heavy atom. The van der Waals surface area contributed by atoms with Crippen molar-refractivity contribution in [1.82, 2.24) is 15.6 Å². The molecule has 17 heavy (non-hydrogen) atoms. The third-order valence-electron chi connectivity index (χ3n) is 2.46. The van der Waals surface area contributed by atoms with E-state index in [1.54, 1.807) is 6.20 Å². The van der Waals surface area contributed by atoms with Gasteiger partial charge in [-0.1, -0.05) is 6.07 Å². The normalized spacial score (nSPS) is 14.4. The number of amides is 1. The average molecular weight is 235 g/mol. The number of carbonyl (C=O) groups excluding carboxylic acids is 1. The Hall–Kier alpha value is -1.42. The fourth-order valence-electron chi connectivity index (χ4n) is 1.58. The molecule has 2 N–H and O–H groups in total. The van der Waals surface area contributed by atoms with E-state index >= 15 is 0 Å². The van der Waals surface area contributed by atoms with Crippen molar-refractivity contribution in [2.45, 2.75) is 45.8 Å². The summed E-state index contributed by atoms with van der Waals surface area (Å²) in [6, 6.07) is 5.77. The topological polar surface area (TPSA) is 54.0 Å². The summed E-state index contributed by atoms with van der Waals surface area (Å²) in [4.78, 5) is 16.0. The summed E-state index contributed by atoms with van der Waals surface area (Å²) in [5.41, 5.74) is 0.941. The Balaban J connectivity index is 2.51. The smallest absolute Gasteiger partial charge is 0.237 e. The van der Waals surface area contributed by atoms with Crippen LogP contribution in [0, 0.1) is 0 Å². The molecule has 0 spiro atoms. The fourth-order valence-corrected chi connectivity index (χ4v) is 1.58. The molecule has 0 saturated heterocycles. The predicted octanol–water partition coefficient (Wildman–Crippen LogP) is 1.65. The molecule has 1 rings (SSSR count). The standard InChI is InChI=1S/C13H21N3O/c1-9(2)15-13(17)11(4)16-10(3)12-7-5-6-8-14-12/h5-11,16H,1-4H3,(H,15,17)/t10-,11?/m1/s1. The van der Waals surface area contributed by atoms with Crippen LogP contribution < -0.4 is 10.6 Å². The lowest BCUT2D eigenvalue weighted by Gasteiger charge is -2.20. The van der Waals surface area contributed by atoms with Gasteiger partial charge in [-0.15, -0.1) is 0 Å². The molecule has 4 nitrogen and oxygen atoms in total. The van der Waals surface area contributed by atoms with E-state index in [1.807, 2.05) is 45.9 Å². The van der Waals surface area contributed by atoms with Crippen LogP contribution in [0.4, 0.5) is 0 Å². The van der Waals surface area contributed by atoms with Gasteiger partial charge in [0.15, 0.2) is 0 Å². The molecule has 0 bridgehead atoms. The highest BCUT2D eigenvalue weighted by atomic mass is 16.2. The number of aromatic nitrogens is 1. The van der Waals surface area contributed by atoms with Crippen molar-refractivity contribution in [3.05, 3.63) is 30.1 Å². The van der Waals surface area contributed by atoms with Crippen LogP contribution in [0.2, 0.25) is 0 Å². The summed E-state index contributed by atoms with van der Waals surface area (Å²) < 4.78 is 0. The molecule has 0 aliphatic carbocycles. The third-order valence-corrected chi connectivity index (χ3v) is 2.46. The van der Waals surface area contributed by atoms with Crippen molar-refractivity contribution in [2.75, 3.05) is 0 Å². The Labute approximate surface area is 103 Å². The SMILES string of the molecule is CC(C)NC(=O)C(C)N[C@H](C)c1ccccn1. The molecule has 1 unspecified atom stereocenters. The van der Waals surface area contributed by atoms with E-state index in [4.69, 9.17) is 0 Å². The highest BCUT2D eigenvalue weighted by Gasteiger charge is 2.16. The van der Waals surface area contributed by atoms with E-state index in [0.717, 1.165) is 5.69 Å². The van der Waals surface area contributed by atoms with Crippen LogP contribution in [0.3, 0.4) is 0 Å². The number of nitrogens with one attached hydrogen (secondary N) is 2. The van der Waals surface area contributed by atoms with E-state index in [9.17, 15) is 4.79 Å². The lowest BCUT2D eigenvalue weighted by Crippen LogP contribution is -2.45. The Kier molecular flexibility index (Phi) is 5.10. The molecule has 1 amide bonds. The van der Waals surface area contributed by atoms with Gasteiger partial charge >= 0.3 is 0 Å². The van der Waals surface area contributed by atoms with Gasteiger partial charge < -0.3 is 5.32 Å². The van der Waals surface area contributed by atoms with Crippen LogP contribution in [0.5, 0.6) is 0 Å². The monoisotopic (exact) mass is 235 g/mol. The van der Waals surface area contributed by atoms with Gasteiger partial charge in [0.05, 0.1) is 11.7 Å². The van der Waals surface area contributed by atoms with E-state index in [0.29, 0.717) is 0 Å². The molecular weight excluding hydrogens is 214 g/mol. The zero-order valence-corrected chi connectivity index (χ0v) is 10.9. The minimum atomic E-state index is -0.227. The molecule has 0 aliphatic heterocycles. The van der Waals surface area contributed by atoms with E-state index in [1.165, 1.54) is 0 Å². The number of hydrogen-bond acceptors (Lipinski definition) is 3. The second kappa shape index (κ2) is 6.35. The molecule has 0 fully saturated rings. The van der Waals surface area contributed by atoms with Crippen molar-refractivity contribution in [3.63, 3.8) is 0 Å². The van der Waals surface area contributed by atoms with Crippen molar-refractivity contribution in [3.8, 4) is 0 Å². The van der Waals surface area contributed by atoms with E-state index in [2.05, 4.69) is 15.6 Å². The molecule has 94 valence electrons. The van der Waals surface area contributed by atoms with Crippen LogP contribution >= 0.6 is 0 Å². The minimum absolute atomic E-state index is 0.0165. The van der Waals surface area contributed by atoms with Crippen LogP contribution in [0.15, 0.2) is 24.4 Å². The predicted molar refractivity (Wildman–Crippen MR) is 68.5 cm³/mol. The molecule has 1 aromatic heterocycles. The average Bonchev–Trinajstić information content (AvgIpc) is 2.29. The first kappa shape index (κ1) is 13.6. The first-order chi connectivity index (χ1) is 8.00. The van der Waals surface area contributed by atoms with Gasteiger partial charge in [-0.05, 0) is 39.8 Å². The van der Waals surface area contributed by atoms with Gasteiger partial charge in [-0.2, -0.15) is 0 Å². The molecule has 0 radical (unpaired) electrons. The lowest BCUT2D eigenvalue weighted by atomic mass is 10.2. The summed E-state index contributed by atoms with van der Waals surface area (Å²) in [6.45, 7) is 7.76. The van der Waals surface area contributed by atoms with E-state index in [-0.39, 0.29) is 24.0 Å². The largest absolute Gasteiger partial charge is 0.353 e. The van der Waals surface area contributed by atoms with Crippen molar-refractivity contribution >= 4 is 5.91 Å². The summed E-state index contributed by atoms with van der Waals surface area (Å²) in [7, 11) is 0. The molecular formula is C13H21N3O. The number of pyridine rings is 1. The van der Waals surface area contributed by atoms with Gasteiger partial charge in [-0.3, -0.25) is 15.1 Å². The molecule has 0 aromatic carbocycles. The van der Waals surface area contributed by atoms with Gasteiger partial charge in [-0.25, -0.2) is 0 Å². The van der Waals surface area contributed by atoms with Crippen LogP contribution in [0.25, 0.3) is 0 Å². The van der Waals surface area contributed by atoms with Gasteiger partial charge in [0.25, 0.3) is 0 Å². The molecule has 1 aromatic rings. The number of nitrogens with zero attached hydrogens (tertiary/aromatic N) is 1. The maximum Gasteiger partial charge on any atom is 0.237 e. The fraction of sp³-hybridized carbons (Fsp3) is 0.538. The second-order valence-electron chi connectivity index (χ2n) is 4.53. The molecule has 1 heterocycles. The van der Waals surface area contributed by atoms with Crippen molar-refractivity contribution in [2.24, 2.45) is 0 Å². The van der Waals surface area contributed by atoms with Crippen LogP contribution in [-0.2, 0) is 4.79 Å². The maximum atomic E-state index is 11.7. The molecule has 2 atom stereocenters. The summed E-state index contributed by atoms with van der Waals surface area (Å²) in [5, 5.41) is 6.10.